The molecular weight excluding hydrogens is 248 g/mol. The molecule has 0 atom stereocenters. The molecule has 2 aliphatic carbocycles. The summed E-state index contributed by atoms with van der Waals surface area (Å²) >= 11 is 0. The molecule has 0 aliphatic heterocycles. The van der Waals surface area contributed by atoms with Gasteiger partial charge in [-0.15, -0.1) is 0 Å². The van der Waals surface area contributed by atoms with E-state index in [1.165, 1.54) is 38.5 Å². The number of hydrogen-bond acceptors (Lipinski definition) is 4. The highest BCUT2D eigenvalue weighted by molar-refractivity contribution is 5.57. The molecule has 1 heterocycles. The standard InChI is InChI=1S/C16H26N4/c1-10-4-8-13(9-5-10)18-15-11(2)14(17-3)19-16(20-15)12-6-7-12/h10,12-13H,4-9H2,1-3H3,(H2,17,18,19,20). The normalized spacial score (nSPS) is 26.4. The van der Waals surface area contributed by atoms with Gasteiger partial charge in [-0.05, 0) is 51.4 Å². The van der Waals surface area contributed by atoms with E-state index in [0.29, 0.717) is 12.0 Å². The molecule has 1 aromatic heterocycles. The third-order valence-corrected chi connectivity index (χ3v) is 4.70. The zero-order valence-electron chi connectivity index (χ0n) is 12.9. The van der Waals surface area contributed by atoms with Crippen molar-refractivity contribution in [2.24, 2.45) is 5.92 Å². The number of rotatable bonds is 4. The molecule has 0 bridgehead atoms. The lowest BCUT2D eigenvalue weighted by Crippen LogP contribution is -2.26. The second kappa shape index (κ2) is 5.58. The van der Waals surface area contributed by atoms with E-state index in [4.69, 9.17) is 4.98 Å². The minimum Gasteiger partial charge on any atom is -0.373 e. The summed E-state index contributed by atoms with van der Waals surface area (Å²) in [4.78, 5) is 9.45. The second-order valence-corrected chi connectivity index (χ2v) is 6.53. The number of nitrogens with zero attached hydrogens (tertiary/aromatic N) is 2. The van der Waals surface area contributed by atoms with Gasteiger partial charge in [0.05, 0.1) is 0 Å². The van der Waals surface area contributed by atoms with Crippen molar-refractivity contribution in [3.8, 4) is 0 Å². The SMILES string of the molecule is CNc1nc(C2CC2)nc(NC2CCC(C)CC2)c1C. The Bertz CT molecular complexity index is 474. The summed E-state index contributed by atoms with van der Waals surface area (Å²) in [5.74, 6) is 4.52. The van der Waals surface area contributed by atoms with Gasteiger partial charge in [-0.25, -0.2) is 9.97 Å². The highest BCUT2D eigenvalue weighted by Crippen LogP contribution is 2.39. The van der Waals surface area contributed by atoms with E-state index >= 15 is 0 Å². The van der Waals surface area contributed by atoms with Crippen molar-refractivity contribution < 1.29 is 0 Å². The molecule has 4 nitrogen and oxygen atoms in total. The maximum Gasteiger partial charge on any atom is 0.136 e. The van der Waals surface area contributed by atoms with E-state index in [1.807, 2.05) is 7.05 Å². The number of nitrogens with one attached hydrogen (secondary N) is 2. The van der Waals surface area contributed by atoms with Crippen LogP contribution in [0.5, 0.6) is 0 Å². The molecule has 20 heavy (non-hydrogen) atoms. The number of hydrogen-bond donors (Lipinski definition) is 2. The van der Waals surface area contributed by atoms with Crippen LogP contribution in [0.15, 0.2) is 0 Å². The molecule has 0 saturated heterocycles. The summed E-state index contributed by atoms with van der Waals surface area (Å²) in [6.45, 7) is 4.47. The molecule has 4 heteroatoms. The van der Waals surface area contributed by atoms with Crippen LogP contribution in [-0.4, -0.2) is 23.1 Å². The monoisotopic (exact) mass is 274 g/mol. The first-order valence-corrected chi connectivity index (χ1v) is 8.00. The molecule has 2 N–H and O–H groups in total. The Morgan fingerprint density at radius 3 is 2.20 bits per heavy atom. The van der Waals surface area contributed by atoms with Crippen molar-refractivity contribution in [2.75, 3.05) is 17.7 Å². The molecule has 0 radical (unpaired) electrons. The smallest absolute Gasteiger partial charge is 0.136 e. The van der Waals surface area contributed by atoms with E-state index < -0.39 is 0 Å². The second-order valence-electron chi connectivity index (χ2n) is 6.53. The van der Waals surface area contributed by atoms with Gasteiger partial charge in [-0.1, -0.05) is 6.92 Å². The fraction of sp³-hybridized carbons (Fsp3) is 0.750. The van der Waals surface area contributed by atoms with Crippen molar-refractivity contribution in [1.82, 2.24) is 9.97 Å². The molecule has 3 rings (SSSR count). The summed E-state index contributed by atoms with van der Waals surface area (Å²) in [6, 6.07) is 0.580. The molecule has 0 unspecified atom stereocenters. The number of anilines is 2. The van der Waals surface area contributed by atoms with Gasteiger partial charge in [0, 0.05) is 24.6 Å². The van der Waals surface area contributed by atoms with Crippen LogP contribution in [0.25, 0.3) is 0 Å². The van der Waals surface area contributed by atoms with Gasteiger partial charge in [-0.3, -0.25) is 0 Å². The van der Waals surface area contributed by atoms with Gasteiger partial charge in [0.15, 0.2) is 0 Å². The van der Waals surface area contributed by atoms with Gasteiger partial charge in [0.2, 0.25) is 0 Å². The van der Waals surface area contributed by atoms with Crippen LogP contribution in [0.1, 0.15) is 62.8 Å². The average Bonchev–Trinajstić information content (AvgIpc) is 3.28. The van der Waals surface area contributed by atoms with Gasteiger partial charge in [0.25, 0.3) is 0 Å². The molecule has 110 valence electrons. The first kappa shape index (κ1) is 13.7. The van der Waals surface area contributed by atoms with Gasteiger partial charge < -0.3 is 10.6 Å². The third-order valence-electron chi connectivity index (χ3n) is 4.70. The van der Waals surface area contributed by atoms with Crippen LogP contribution in [0.4, 0.5) is 11.6 Å². The van der Waals surface area contributed by atoms with Crippen LogP contribution < -0.4 is 10.6 Å². The van der Waals surface area contributed by atoms with E-state index in [2.05, 4.69) is 29.5 Å². The van der Waals surface area contributed by atoms with Crippen LogP contribution in [-0.2, 0) is 0 Å². The zero-order valence-corrected chi connectivity index (χ0v) is 12.9. The average molecular weight is 274 g/mol. The quantitative estimate of drug-likeness (QED) is 0.879. The summed E-state index contributed by atoms with van der Waals surface area (Å²) in [5, 5.41) is 6.89. The predicted molar refractivity (Wildman–Crippen MR) is 83.3 cm³/mol. The van der Waals surface area contributed by atoms with Gasteiger partial charge in [0.1, 0.15) is 17.5 Å². The topological polar surface area (TPSA) is 49.8 Å². The van der Waals surface area contributed by atoms with Crippen LogP contribution in [0.2, 0.25) is 0 Å². The lowest BCUT2D eigenvalue weighted by atomic mass is 9.87. The van der Waals surface area contributed by atoms with Gasteiger partial charge >= 0.3 is 0 Å². The van der Waals surface area contributed by atoms with Crippen molar-refractivity contribution in [3.05, 3.63) is 11.4 Å². The molecular formula is C16H26N4. The minimum absolute atomic E-state index is 0.580. The molecule has 0 spiro atoms. The predicted octanol–water partition coefficient (Wildman–Crippen LogP) is 3.69. The number of aromatic nitrogens is 2. The Balaban J connectivity index is 1.78. The highest BCUT2D eigenvalue weighted by Gasteiger charge is 2.28. The third kappa shape index (κ3) is 2.89. The van der Waals surface area contributed by atoms with Crippen molar-refractivity contribution in [3.63, 3.8) is 0 Å². The van der Waals surface area contributed by atoms with Crippen molar-refractivity contribution >= 4 is 11.6 Å². The van der Waals surface area contributed by atoms with Crippen molar-refractivity contribution in [1.29, 1.82) is 0 Å². The molecule has 1 aromatic rings. The lowest BCUT2D eigenvalue weighted by Gasteiger charge is -2.28. The minimum atomic E-state index is 0.580. The molecule has 2 saturated carbocycles. The maximum absolute atomic E-state index is 4.79. The van der Waals surface area contributed by atoms with Crippen LogP contribution >= 0.6 is 0 Å². The zero-order chi connectivity index (χ0) is 14.1. The Kier molecular flexibility index (Phi) is 3.81. The molecule has 2 aliphatic rings. The fourth-order valence-corrected chi connectivity index (χ4v) is 3.04. The van der Waals surface area contributed by atoms with Crippen molar-refractivity contribution in [2.45, 2.75) is 64.3 Å². The van der Waals surface area contributed by atoms with E-state index in [1.54, 1.807) is 0 Å². The lowest BCUT2D eigenvalue weighted by molar-refractivity contribution is 0.360. The maximum atomic E-state index is 4.79. The highest BCUT2D eigenvalue weighted by atomic mass is 15.1. The fourth-order valence-electron chi connectivity index (χ4n) is 3.04. The van der Waals surface area contributed by atoms with E-state index in [9.17, 15) is 0 Å². The molecule has 2 fully saturated rings. The van der Waals surface area contributed by atoms with E-state index in [0.717, 1.165) is 28.9 Å². The Morgan fingerprint density at radius 1 is 0.950 bits per heavy atom. The summed E-state index contributed by atoms with van der Waals surface area (Å²) in [6.07, 6.45) is 7.67. The summed E-state index contributed by atoms with van der Waals surface area (Å²) in [7, 11) is 1.94. The van der Waals surface area contributed by atoms with E-state index in [-0.39, 0.29) is 0 Å². The first-order chi connectivity index (χ1) is 9.67. The Morgan fingerprint density at radius 2 is 1.60 bits per heavy atom. The Labute approximate surface area is 121 Å². The molecule has 0 amide bonds. The summed E-state index contributed by atoms with van der Waals surface area (Å²) < 4.78 is 0. The van der Waals surface area contributed by atoms with Crippen LogP contribution in [0, 0.1) is 12.8 Å². The summed E-state index contributed by atoms with van der Waals surface area (Å²) in [5.41, 5.74) is 1.15. The Hall–Kier alpha value is -1.32. The largest absolute Gasteiger partial charge is 0.373 e. The first-order valence-electron chi connectivity index (χ1n) is 8.00. The van der Waals surface area contributed by atoms with Crippen LogP contribution in [0.3, 0.4) is 0 Å². The van der Waals surface area contributed by atoms with Gasteiger partial charge in [-0.2, -0.15) is 0 Å². The molecule has 0 aromatic carbocycles.